The van der Waals surface area contributed by atoms with Crippen molar-refractivity contribution in [1.82, 2.24) is 19.5 Å². The van der Waals surface area contributed by atoms with Crippen molar-refractivity contribution in [2.24, 2.45) is 0 Å². The molecule has 1 atom stereocenters. The molecule has 25 heavy (non-hydrogen) atoms. The van der Waals surface area contributed by atoms with E-state index in [-0.39, 0.29) is 10.9 Å². The summed E-state index contributed by atoms with van der Waals surface area (Å²) in [6, 6.07) is 4.45. The number of halogens is 2. The lowest BCUT2D eigenvalue weighted by Crippen LogP contribution is -2.39. The molecule has 1 saturated heterocycles. The van der Waals surface area contributed by atoms with Gasteiger partial charge in [-0.1, -0.05) is 35.1 Å². The van der Waals surface area contributed by atoms with E-state index in [4.69, 9.17) is 16.3 Å². The van der Waals surface area contributed by atoms with Crippen LogP contribution in [0.1, 0.15) is 22.3 Å². The first-order chi connectivity index (χ1) is 12.1. The molecule has 0 saturated carbocycles. The highest BCUT2D eigenvalue weighted by Crippen LogP contribution is 2.41. The summed E-state index contributed by atoms with van der Waals surface area (Å²) in [5.41, 5.74) is 0.422. The Morgan fingerprint density at radius 1 is 1.36 bits per heavy atom. The van der Waals surface area contributed by atoms with Gasteiger partial charge in [-0.05, 0) is 13.0 Å². The van der Waals surface area contributed by atoms with Crippen molar-refractivity contribution in [2.45, 2.75) is 13.0 Å². The Morgan fingerprint density at radius 3 is 2.84 bits per heavy atom. The predicted octanol–water partition coefficient (Wildman–Crippen LogP) is 3.02. The van der Waals surface area contributed by atoms with E-state index < -0.39 is 11.9 Å². The van der Waals surface area contributed by atoms with Crippen LogP contribution in [0.3, 0.4) is 0 Å². The van der Waals surface area contributed by atoms with Gasteiger partial charge in [0.15, 0.2) is 0 Å². The number of hydrogen-bond donors (Lipinski definition) is 1. The molecule has 6 nitrogen and oxygen atoms in total. The lowest BCUT2D eigenvalue weighted by atomic mass is 10.0. The van der Waals surface area contributed by atoms with Gasteiger partial charge < -0.3 is 9.84 Å². The quantitative estimate of drug-likeness (QED) is 0.754. The molecule has 2 aromatic heterocycles. The number of aryl methyl sites for hydroxylation is 1. The van der Waals surface area contributed by atoms with Crippen LogP contribution in [0.4, 0.5) is 4.39 Å². The molecule has 132 valence electrons. The standard InChI is InChI=1S/C16H16ClFN4O2S/c1-9-19-16-22(20-9)15(23)14(25-16)13(21-5-7-24-8-6-21)10-3-2-4-11(17)12(10)18/h2-4,13,23H,5-8H2,1H3/t13-/m0/s1. The Kier molecular flexibility index (Phi) is 4.36. The molecule has 0 amide bonds. The summed E-state index contributed by atoms with van der Waals surface area (Å²) in [5.74, 6) is 0.0802. The maximum atomic E-state index is 14.8. The van der Waals surface area contributed by atoms with Crippen LogP contribution in [-0.4, -0.2) is 50.9 Å². The monoisotopic (exact) mass is 382 g/mol. The number of morpholine rings is 1. The van der Waals surface area contributed by atoms with Crippen LogP contribution in [0, 0.1) is 12.7 Å². The maximum Gasteiger partial charge on any atom is 0.230 e. The summed E-state index contributed by atoms with van der Waals surface area (Å²) >= 11 is 7.30. The van der Waals surface area contributed by atoms with E-state index in [1.54, 1.807) is 19.1 Å². The molecule has 1 N–H and O–H groups in total. The number of aromatic hydroxyl groups is 1. The number of nitrogens with zero attached hydrogens (tertiary/aromatic N) is 4. The third-order valence-corrected chi connectivity index (χ3v) is 5.61. The molecule has 1 aliphatic rings. The molecule has 1 aromatic carbocycles. The van der Waals surface area contributed by atoms with Crippen molar-refractivity contribution in [3.63, 3.8) is 0 Å². The summed E-state index contributed by atoms with van der Waals surface area (Å²) in [6.07, 6.45) is 0. The molecule has 4 rings (SSSR count). The molecule has 0 spiro atoms. The molecule has 0 unspecified atom stereocenters. The van der Waals surface area contributed by atoms with Crippen LogP contribution in [0.15, 0.2) is 18.2 Å². The fraction of sp³-hybridized carbons (Fsp3) is 0.375. The number of aromatic nitrogens is 3. The summed E-state index contributed by atoms with van der Waals surface area (Å²) in [6.45, 7) is 4.12. The average molecular weight is 383 g/mol. The van der Waals surface area contributed by atoms with Gasteiger partial charge in [0.2, 0.25) is 10.8 Å². The van der Waals surface area contributed by atoms with E-state index in [1.165, 1.54) is 21.9 Å². The van der Waals surface area contributed by atoms with Crippen LogP contribution < -0.4 is 0 Å². The molecule has 0 aliphatic carbocycles. The maximum absolute atomic E-state index is 14.8. The van der Waals surface area contributed by atoms with E-state index in [9.17, 15) is 9.50 Å². The third-order valence-electron chi connectivity index (χ3n) is 4.24. The molecule has 3 heterocycles. The van der Waals surface area contributed by atoms with E-state index in [0.29, 0.717) is 47.5 Å². The van der Waals surface area contributed by atoms with E-state index in [1.807, 2.05) is 0 Å². The van der Waals surface area contributed by atoms with Gasteiger partial charge in [0, 0.05) is 18.7 Å². The summed E-state index contributed by atoms with van der Waals surface area (Å²) in [7, 11) is 0. The zero-order valence-corrected chi connectivity index (χ0v) is 15.0. The van der Waals surface area contributed by atoms with Crippen molar-refractivity contribution in [3.8, 4) is 5.88 Å². The fourth-order valence-electron chi connectivity index (χ4n) is 3.10. The minimum absolute atomic E-state index is 0.0172. The highest BCUT2D eigenvalue weighted by Gasteiger charge is 2.32. The second-order valence-corrected chi connectivity index (χ2v) is 7.25. The number of fused-ring (bicyclic) bond motifs is 1. The molecule has 9 heteroatoms. The van der Waals surface area contributed by atoms with Crippen molar-refractivity contribution in [2.75, 3.05) is 26.3 Å². The lowest BCUT2D eigenvalue weighted by Gasteiger charge is -2.34. The van der Waals surface area contributed by atoms with Gasteiger partial charge in [0.25, 0.3) is 0 Å². The molecule has 3 aromatic rings. The zero-order valence-electron chi connectivity index (χ0n) is 13.4. The SMILES string of the molecule is Cc1nc2sc([C@H](c3cccc(Cl)c3F)N3CCOCC3)c(O)n2n1. The zero-order chi connectivity index (χ0) is 17.6. The van der Waals surface area contributed by atoms with E-state index in [0.717, 1.165) is 0 Å². The third kappa shape index (κ3) is 2.89. The summed E-state index contributed by atoms with van der Waals surface area (Å²) in [4.78, 5) is 7.55. The summed E-state index contributed by atoms with van der Waals surface area (Å²) in [5, 5.41) is 14.9. The number of benzene rings is 1. The molecular formula is C16H16ClFN4O2S. The first-order valence-corrected chi connectivity index (χ1v) is 9.06. The van der Waals surface area contributed by atoms with Crippen LogP contribution >= 0.6 is 22.9 Å². The topological polar surface area (TPSA) is 62.9 Å². The lowest BCUT2D eigenvalue weighted by molar-refractivity contribution is 0.0235. The van der Waals surface area contributed by atoms with E-state index in [2.05, 4.69) is 15.0 Å². The second kappa shape index (κ2) is 6.53. The first kappa shape index (κ1) is 16.7. The highest BCUT2D eigenvalue weighted by molar-refractivity contribution is 7.17. The Bertz CT molecular complexity index is 922. The van der Waals surface area contributed by atoms with Crippen molar-refractivity contribution in [3.05, 3.63) is 45.3 Å². The van der Waals surface area contributed by atoms with Gasteiger partial charge in [-0.25, -0.2) is 9.37 Å². The molecule has 0 bridgehead atoms. The van der Waals surface area contributed by atoms with Gasteiger partial charge in [0.1, 0.15) is 11.6 Å². The van der Waals surface area contributed by atoms with Crippen LogP contribution in [0.2, 0.25) is 5.02 Å². The van der Waals surface area contributed by atoms with E-state index >= 15 is 0 Å². The van der Waals surface area contributed by atoms with Gasteiger partial charge in [-0.2, -0.15) is 4.52 Å². The van der Waals surface area contributed by atoms with Gasteiger partial charge in [0.05, 0.1) is 29.2 Å². The molecule has 1 aliphatic heterocycles. The average Bonchev–Trinajstić information content (AvgIpc) is 3.11. The minimum atomic E-state index is -0.477. The van der Waals surface area contributed by atoms with Gasteiger partial charge in [-0.15, -0.1) is 5.10 Å². The number of ether oxygens (including phenoxy) is 1. The normalized spacial score (nSPS) is 17.2. The Balaban J connectivity index is 1.88. The predicted molar refractivity (Wildman–Crippen MR) is 92.9 cm³/mol. The number of rotatable bonds is 3. The minimum Gasteiger partial charge on any atom is -0.492 e. The van der Waals surface area contributed by atoms with Gasteiger partial charge in [-0.3, -0.25) is 4.90 Å². The van der Waals surface area contributed by atoms with Crippen LogP contribution in [0.25, 0.3) is 4.96 Å². The second-order valence-electron chi connectivity index (χ2n) is 5.84. The summed E-state index contributed by atoms with van der Waals surface area (Å²) < 4.78 is 21.6. The Labute approximate surface area is 152 Å². The smallest absolute Gasteiger partial charge is 0.230 e. The molecule has 0 radical (unpaired) electrons. The first-order valence-electron chi connectivity index (χ1n) is 7.87. The van der Waals surface area contributed by atoms with Crippen molar-refractivity contribution >= 4 is 27.9 Å². The largest absolute Gasteiger partial charge is 0.492 e. The number of thiazole rings is 1. The van der Waals surface area contributed by atoms with Crippen LogP contribution in [-0.2, 0) is 4.74 Å². The Morgan fingerprint density at radius 2 is 2.12 bits per heavy atom. The van der Waals surface area contributed by atoms with Crippen molar-refractivity contribution < 1.29 is 14.2 Å². The highest BCUT2D eigenvalue weighted by atomic mass is 35.5. The van der Waals surface area contributed by atoms with Crippen LogP contribution in [0.5, 0.6) is 5.88 Å². The molecule has 1 fully saturated rings. The number of hydrogen-bond acceptors (Lipinski definition) is 6. The van der Waals surface area contributed by atoms with Crippen molar-refractivity contribution in [1.29, 1.82) is 0 Å². The molecular weight excluding hydrogens is 367 g/mol. The van der Waals surface area contributed by atoms with Gasteiger partial charge >= 0.3 is 0 Å². The fourth-order valence-corrected chi connectivity index (χ4v) is 4.43. The Hall–Kier alpha value is -1.74.